The van der Waals surface area contributed by atoms with E-state index in [0.29, 0.717) is 13.0 Å². The number of amides is 2. The van der Waals surface area contributed by atoms with Crippen molar-refractivity contribution < 1.29 is 28.7 Å². The highest BCUT2D eigenvalue weighted by atomic mass is 32.1. The Hall–Kier alpha value is -2.95. The molecular formula is C28H37N3O6S. The predicted octanol–water partition coefficient (Wildman–Crippen LogP) is 5.28. The lowest BCUT2D eigenvalue weighted by Crippen LogP contribution is -2.46. The first-order valence-electron chi connectivity index (χ1n) is 13.1. The molecular weight excluding hydrogens is 506 g/mol. The minimum atomic E-state index is -0.725. The topological polar surface area (TPSA) is 100 Å². The Bertz CT molecular complexity index is 1090. The molecule has 206 valence electrons. The normalized spacial score (nSPS) is 23.4. The number of hydroxylamine groups is 2. The third-order valence-electron chi connectivity index (χ3n) is 7.10. The summed E-state index contributed by atoms with van der Waals surface area (Å²) in [6, 6.07) is 10.9. The molecule has 38 heavy (non-hydrogen) atoms. The van der Waals surface area contributed by atoms with Crippen molar-refractivity contribution in [3.05, 3.63) is 58.3 Å². The fourth-order valence-corrected chi connectivity index (χ4v) is 5.32. The van der Waals surface area contributed by atoms with Crippen LogP contribution in [0, 0.1) is 5.41 Å². The van der Waals surface area contributed by atoms with Crippen LogP contribution in [-0.4, -0.2) is 59.4 Å². The maximum absolute atomic E-state index is 13.3. The van der Waals surface area contributed by atoms with Crippen molar-refractivity contribution in [1.29, 1.82) is 0 Å². The van der Waals surface area contributed by atoms with Gasteiger partial charge in [-0.25, -0.2) is 9.59 Å². The van der Waals surface area contributed by atoms with Gasteiger partial charge in [0.25, 0.3) is 0 Å². The monoisotopic (exact) mass is 543 g/mol. The molecule has 0 aliphatic carbocycles. The highest BCUT2D eigenvalue weighted by Gasteiger charge is 2.49. The summed E-state index contributed by atoms with van der Waals surface area (Å²) >= 11 is 1.54. The molecule has 1 aromatic carbocycles. The van der Waals surface area contributed by atoms with Crippen LogP contribution in [0.5, 0.6) is 0 Å². The number of alkyl carbamates (subject to hydrolysis) is 1. The lowest BCUT2D eigenvalue weighted by molar-refractivity contribution is -0.122. The number of carbonyl (C=O) groups is 3. The number of Topliss-reactive ketones (excluding diaryl/α,β-unsaturated/α-hetero) is 1. The van der Waals surface area contributed by atoms with E-state index in [0.717, 1.165) is 24.0 Å². The number of nitrogens with one attached hydrogen (secondary N) is 1. The van der Waals surface area contributed by atoms with Crippen molar-refractivity contribution >= 4 is 29.3 Å². The van der Waals surface area contributed by atoms with Crippen molar-refractivity contribution in [2.24, 2.45) is 5.41 Å². The van der Waals surface area contributed by atoms with Gasteiger partial charge in [-0.3, -0.25) is 9.63 Å². The maximum Gasteiger partial charge on any atom is 0.410 e. The minimum Gasteiger partial charge on any atom is -0.445 e. The number of nitrogens with zero attached hydrogens (tertiary/aromatic N) is 2. The van der Waals surface area contributed by atoms with Crippen molar-refractivity contribution in [2.75, 3.05) is 13.1 Å². The van der Waals surface area contributed by atoms with Crippen LogP contribution in [0.3, 0.4) is 0 Å². The molecule has 9 nitrogen and oxygen atoms in total. The Morgan fingerprint density at radius 2 is 1.97 bits per heavy atom. The van der Waals surface area contributed by atoms with Gasteiger partial charge in [0.15, 0.2) is 0 Å². The zero-order valence-corrected chi connectivity index (χ0v) is 23.2. The Labute approximate surface area is 228 Å². The summed E-state index contributed by atoms with van der Waals surface area (Å²) in [6.07, 6.45) is -0.203. The van der Waals surface area contributed by atoms with Crippen LogP contribution in [0.4, 0.5) is 9.59 Å². The van der Waals surface area contributed by atoms with Crippen LogP contribution in [0.1, 0.15) is 64.1 Å². The molecule has 2 amide bonds. The predicted molar refractivity (Wildman–Crippen MR) is 143 cm³/mol. The highest BCUT2D eigenvalue weighted by Crippen LogP contribution is 2.35. The zero-order valence-electron chi connectivity index (χ0n) is 22.4. The molecule has 2 fully saturated rings. The average Bonchev–Trinajstić information content (AvgIpc) is 3.41. The minimum absolute atomic E-state index is 0.0892. The molecule has 2 saturated heterocycles. The molecule has 2 aliphatic rings. The smallest absolute Gasteiger partial charge is 0.410 e. The molecule has 3 heterocycles. The van der Waals surface area contributed by atoms with Gasteiger partial charge >= 0.3 is 12.2 Å². The first-order valence-corrected chi connectivity index (χ1v) is 14.1. The van der Waals surface area contributed by atoms with E-state index in [1.165, 1.54) is 0 Å². The van der Waals surface area contributed by atoms with E-state index in [2.05, 4.69) is 5.32 Å². The molecule has 0 spiro atoms. The number of likely N-dealkylation sites (tertiary alicyclic amines) is 1. The molecule has 4 rings (SSSR count). The van der Waals surface area contributed by atoms with Crippen LogP contribution >= 0.6 is 11.3 Å². The van der Waals surface area contributed by atoms with Crippen molar-refractivity contribution in [3.8, 4) is 0 Å². The van der Waals surface area contributed by atoms with E-state index >= 15 is 0 Å². The molecule has 1 aromatic heterocycles. The number of unbranched alkanes of at least 4 members (excludes halogenated alkanes) is 1. The van der Waals surface area contributed by atoms with Gasteiger partial charge in [0.1, 0.15) is 12.7 Å². The van der Waals surface area contributed by atoms with Gasteiger partial charge < -0.3 is 19.7 Å². The van der Waals surface area contributed by atoms with Gasteiger partial charge in [-0.1, -0.05) is 63.9 Å². The Kier molecular flexibility index (Phi) is 9.07. The molecule has 10 heteroatoms. The van der Waals surface area contributed by atoms with Crippen LogP contribution in [0.25, 0.3) is 0 Å². The number of thiophene rings is 1. The third kappa shape index (κ3) is 6.92. The van der Waals surface area contributed by atoms with Gasteiger partial charge in [-0.2, -0.15) is 11.3 Å². The summed E-state index contributed by atoms with van der Waals surface area (Å²) in [5.41, 5.74) is 1.51. The van der Waals surface area contributed by atoms with Gasteiger partial charge in [0.2, 0.25) is 12.0 Å². The molecule has 3 unspecified atom stereocenters. The van der Waals surface area contributed by atoms with Gasteiger partial charge in [0, 0.05) is 17.5 Å². The quantitative estimate of drug-likeness (QED) is 0.385. The number of carbonyl (C=O) groups excluding carboxylic acids is 3. The Morgan fingerprint density at radius 1 is 1.21 bits per heavy atom. The fourth-order valence-electron chi connectivity index (χ4n) is 4.66. The first kappa shape index (κ1) is 28.1. The first-order chi connectivity index (χ1) is 18.2. The van der Waals surface area contributed by atoms with Crippen LogP contribution in [0.15, 0.2) is 47.2 Å². The Morgan fingerprint density at radius 3 is 2.66 bits per heavy atom. The fraction of sp³-hybridized carbons (Fsp3) is 0.536. The lowest BCUT2D eigenvalue weighted by Gasteiger charge is -2.26. The van der Waals surface area contributed by atoms with Crippen LogP contribution < -0.4 is 5.32 Å². The number of benzene rings is 1. The van der Waals surface area contributed by atoms with Crippen molar-refractivity contribution in [1.82, 2.24) is 15.3 Å². The van der Waals surface area contributed by atoms with E-state index in [9.17, 15) is 14.4 Å². The summed E-state index contributed by atoms with van der Waals surface area (Å²) in [6.45, 7) is 8.72. The molecule has 1 N–H and O–H groups in total. The molecule has 2 aliphatic heterocycles. The average molecular weight is 544 g/mol. The highest BCUT2D eigenvalue weighted by molar-refractivity contribution is 7.07. The van der Waals surface area contributed by atoms with Gasteiger partial charge in [-0.15, -0.1) is 5.06 Å². The lowest BCUT2D eigenvalue weighted by atomic mass is 9.90. The second-order valence-electron chi connectivity index (χ2n) is 10.6. The number of ether oxygens (including phenoxy) is 2. The maximum atomic E-state index is 13.3. The zero-order chi connectivity index (χ0) is 27.3. The summed E-state index contributed by atoms with van der Waals surface area (Å²) in [4.78, 5) is 46.0. The number of hydrogen-bond donors (Lipinski definition) is 1. The second kappa shape index (κ2) is 12.3. The van der Waals surface area contributed by atoms with Gasteiger partial charge in [-0.05, 0) is 35.7 Å². The van der Waals surface area contributed by atoms with E-state index in [1.54, 1.807) is 21.3 Å². The summed E-state index contributed by atoms with van der Waals surface area (Å²) in [5.74, 6) is -0.192. The molecule has 2 aromatic rings. The van der Waals surface area contributed by atoms with Crippen LogP contribution in [-0.2, 0) is 25.7 Å². The largest absolute Gasteiger partial charge is 0.445 e. The molecule has 5 atom stereocenters. The SMILES string of the molecule is CCCCC(NC(=O)O[C@@H]1CN(C(=O)OCc2ccsc2)CC1(C)C)C(=O)C1ON1[C@H](C)c1ccccc1. The molecule has 0 bridgehead atoms. The van der Waals surface area contributed by atoms with E-state index < -0.39 is 36.0 Å². The van der Waals surface area contributed by atoms with Crippen molar-refractivity contribution in [3.63, 3.8) is 0 Å². The van der Waals surface area contributed by atoms with Crippen LogP contribution in [0.2, 0.25) is 0 Å². The molecule has 0 radical (unpaired) electrons. The van der Waals surface area contributed by atoms with E-state index in [4.69, 9.17) is 14.3 Å². The van der Waals surface area contributed by atoms with E-state index in [1.807, 2.05) is 74.9 Å². The van der Waals surface area contributed by atoms with E-state index in [-0.39, 0.29) is 25.0 Å². The summed E-state index contributed by atoms with van der Waals surface area (Å²) in [5, 5.41) is 8.29. The standard InChI is InChI=1S/C28H37N3O6S/c1-5-6-12-22(24(32)25-31(37-25)19(2)21-10-8-7-9-11-21)29-26(33)36-23-15-30(18-28(23,3)4)27(34)35-16-20-13-14-38-17-20/h7-11,13-14,17,19,22-23,25H,5-6,12,15-16,18H2,1-4H3,(H,29,33)/t19-,22?,23-,25?,31?/m1/s1. The van der Waals surface area contributed by atoms with Crippen molar-refractivity contribution in [2.45, 2.75) is 78.0 Å². The number of ketones is 1. The third-order valence-corrected chi connectivity index (χ3v) is 7.83. The number of hydrogen-bond acceptors (Lipinski definition) is 8. The summed E-state index contributed by atoms with van der Waals surface area (Å²) < 4.78 is 11.2. The molecule has 0 saturated carbocycles. The van der Waals surface area contributed by atoms with Gasteiger partial charge in [0.05, 0.1) is 18.6 Å². The number of rotatable bonds is 11. The summed E-state index contributed by atoms with van der Waals surface area (Å²) in [7, 11) is 0. The second-order valence-corrected chi connectivity index (χ2v) is 11.4. The Balaban J connectivity index is 1.31.